The average Bonchev–Trinajstić information content (AvgIpc) is 2.91. The smallest absolute Gasteiger partial charge is 0.337 e. The van der Waals surface area contributed by atoms with Crippen LogP contribution in [0.5, 0.6) is 11.5 Å². The van der Waals surface area contributed by atoms with Crippen molar-refractivity contribution in [2.45, 2.75) is 13.0 Å². The van der Waals surface area contributed by atoms with Gasteiger partial charge < -0.3 is 25.3 Å². The SMILES string of the molecule is COC(=O)c1cccc(CN=C(N)Nc2ccc3c(c2)OCCCO3)c1. The molecule has 0 bridgehead atoms. The number of nitrogens with one attached hydrogen (secondary N) is 1. The number of carbonyl (C=O) groups is 1. The van der Waals surface area contributed by atoms with Crippen LogP contribution in [0.25, 0.3) is 0 Å². The number of methoxy groups -OCH3 is 1. The molecule has 3 N–H and O–H groups in total. The molecule has 1 aliphatic rings. The monoisotopic (exact) mass is 355 g/mol. The van der Waals surface area contributed by atoms with Crippen molar-refractivity contribution in [3.8, 4) is 11.5 Å². The van der Waals surface area contributed by atoms with Crippen molar-refractivity contribution in [1.82, 2.24) is 0 Å². The van der Waals surface area contributed by atoms with E-state index in [4.69, 9.17) is 19.9 Å². The van der Waals surface area contributed by atoms with Crippen LogP contribution in [0.1, 0.15) is 22.3 Å². The van der Waals surface area contributed by atoms with Gasteiger partial charge in [0.1, 0.15) is 0 Å². The number of benzene rings is 2. The second-order valence-electron chi connectivity index (χ2n) is 5.73. The molecule has 1 heterocycles. The van der Waals surface area contributed by atoms with Crippen LogP contribution < -0.4 is 20.5 Å². The van der Waals surface area contributed by atoms with Crippen molar-refractivity contribution < 1.29 is 19.0 Å². The van der Waals surface area contributed by atoms with E-state index in [9.17, 15) is 4.79 Å². The number of nitrogens with zero attached hydrogens (tertiary/aromatic N) is 1. The number of ether oxygens (including phenoxy) is 3. The van der Waals surface area contributed by atoms with Gasteiger partial charge in [0.2, 0.25) is 0 Å². The van der Waals surface area contributed by atoms with E-state index in [0.29, 0.717) is 31.1 Å². The minimum atomic E-state index is -0.380. The predicted octanol–water partition coefficient (Wildman–Crippen LogP) is 2.56. The Morgan fingerprint density at radius 3 is 2.81 bits per heavy atom. The number of fused-ring (bicyclic) bond motifs is 1. The summed E-state index contributed by atoms with van der Waals surface area (Å²) in [5, 5.41) is 3.03. The summed E-state index contributed by atoms with van der Waals surface area (Å²) in [6.45, 7) is 1.61. The van der Waals surface area contributed by atoms with Crippen LogP contribution in [0.4, 0.5) is 5.69 Å². The van der Waals surface area contributed by atoms with Crippen molar-refractivity contribution in [3.05, 3.63) is 53.6 Å². The first kappa shape index (κ1) is 17.6. The molecule has 26 heavy (non-hydrogen) atoms. The third kappa shape index (κ3) is 4.44. The zero-order valence-electron chi connectivity index (χ0n) is 14.5. The van der Waals surface area contributed by atoms with Crippen LogP contribution in [0.15, 0.2) is 47.5 Å². The number of hydrogen-bond donors (Lipinski definition) is 2. The average molecular weight is 355 g/mol. The summed E-state index contributed by atoms with van der Waals surface area (Å²) in [6.07, 6.45) is 0.853. The maximum Gasteiger partial charge on any atom is 0.337 e. The molecule has 0 spiro atoms. The minimum Gasteiger partial charge on any atom is -0.490 e. The number of hydrogen-bond acceptors (Lipinski definition) is 5. The summed E-state index contributed by atoms with van der Waals surface area (Å²) >= 11 is 0. The van der Waals surface area contributed by atoms with Gasteiger partial charge in [-0.2, -0.15) is 0 Å². The maximum atomic E-state index is 11.6. The highest BCUT2D eigenvalue weighted by Crippen LogP contribution is 2.32. The van der Waals surface area contributed by atoms with Crippen molar-refractivity contribution in [2.24, 2.45) is 10.7 Å². The number of nitrogens with two attached hydrogens (primary N) is 1. The van der Waals surface area contributed by atoms with Gasteiger partial charge in [-0.1, -0.05) is 12.1 Å². The molecular weight excluding hydrogens is 334 g/mol. The van der Waals surface area contributed by atoms with E-state index >= 15 is 0 Å². The van der Waals surface area contributed by atoms with Gasteiger partial charge in [-0.15, -0.1) is 0 Å². The van der Waals surface area contributed by atoms with E-state index in [-0.39, 0.29) is 11.9 Å². The molecule has 0 fully saturated rings. The van der Waals surface area contributed by atoms with Gasteiger partial charge in [-0.05, 0) is 29.8 Å². The maximum absolute atomic E-state index is 11.6. The van der Waals surface area contributed by atoms with Gasteiger partial charge in [0, 0.05) is 18.2 Å². The quantitative estimate of drug-likeness (QED) is 0.497. The molecule has 0 saturated heterocycles. The van der Waals surface area contributed by atoms with Gasteiger partial charge in [-0.25, -0.2) is 9.79 Å². The number of rotatable bonds is 4. The fourth-order valence-corrected chi connectivity index (χ4v) is 2.52. The van der Waals surface area contributed by atoms with Crippen LogP contribution >= 0.6 is 0 Å². The number of aliphatic imine (C=N–C) groups is 1. The zero-order valence-corrected chi connectivity index (χ0v) is 14.5. The highest BCUT2D eigenvalue weighted by Gasteiger charge is 2.11. The Bertz CT molecular complexity index is 820. The van der Waals surface area contributed by atoms with Gasteiger partial charge in [0.05, 0.1) is 32.4 Å². The molecule has 1 aliphatic heterocycles. The number of carbonyl (C=O) groups excluding carboxylic acids is 1. The molecule has 136 valence electrons. The Balaban J connectivity index is 1.65. The molecule has 0 aromatic heterocycles. The third-order valence-corrected chi connectivity index (χ3v) is 3.80. The van der Waals surface area contributed by atoms with Crippen LogP contribution in [-0.2, 0) is 11.3 Å². The second-order valence-corrected chi connectivity index (χ2v) is 5.73. The zero-order chi connectivity index (χ0) is 18.4. The molecular formula is C19H21N3O4. The number of guanidine groups is 1. The lowest BCUT2D eigenvalue weighted by Crippen LogP contribution is -2.22. The highest BCUT2D eigenvalue weighted by molar-refractivity contribution is 5.92. The van der Waals surface area contributed by atoms with E-state index in [1.165, 1.54) is 7.11 Å². The number of esters is 1. The molecule has 7 heteroatoms. The van der Waals surface area contributed by atoms with Crippen molar-refractivity contribution in [1.29, 1.82) is 0 Å². The summed E-state index contributed by atoms with van der Waals surface area (Å²) in [5.74, 6) is 1.30. The lowest BCUT2D eigenvalue weighted by atomic mass is 10.1. The molecule has 0 amide bonds. The second kappa shape index (κ2) is 8.24. The van der Waals surface area contributed by atoms with E-state index in [1.807, 2.05) is 24.3 Å². The first-order chi connectivity index (χ1) is 12.7. The summed E-state index contributed by atoms with van der Waals surface area (Å²) in [4.78, 5) is 15.9. The topological polar surface area (TPSA) is 95.2 Å². The standard InChI is InChI=1S/C19H21N3O4/c1-24-18(23)14-5-2-4-13(10-14)12-21-19(20)22-15-6-7-16-17(11-15)26-9-3-8-25-16/h2,4-7,10-11H,3,8-9,12H2,1H3,(H3,20,21,22). The van der Waals surface area contributed by atoms with Crippen LogP contribution in [0.2, 0.25) is 0 Å². The molecule has 0 aliphatic carbocycles. The first-order valence-electron chi connectivity index (χ1n) is 8.29. The lowest BCUT2D eigenvalue weighted by Gasteiger charge is -2.11. The van der Waals surface area contributed by atoms with E-state index in [1.54, 1.807) is 18.2 Å². The summed E-state index contributed by atoms with van der Waals surface area (Å²) in [6, 6.07) is 12.6. The van der Waals surface area contributed by atoms with Crippen LogP contribution in [0.3, 0.4) is 0 Å². The molecule has 2 aromatic rings. The van der Waals surface area contributed by atoms with Crippen molar-refractivity contribution in [2.75, 3.05) is 25.6 Å². The summed E-state index contributed by atoms with van der Waals surface area (Å²) in [5.41, 5.74) is 8.06. The van der Waals surface area contributed by atoms with E-state index in [2.05, 4.69) is 10.3 Å². The Morgan fingerprint density at radius 2 is 2.00 bits per heavy atom. The lowest BCUT2D eigenvalue weighted by molar-refractivity contribution is 0.0600. The molecule has 7 nitrogen and oxygen atoms in total. The Labute approximate surface area is 151 Å². The Hall–Kier alpha value is -3.22. The minimum absolute atomic E-state index is 0.267. The van der Waals surface area contributed by atoms with Gasteiger partial charge in [0.25, 0.3) is 0 Å². The Kier molecular flexibility index (Phi) is 5.58. The molecule has 0 saturated carbocycles. The third-order valence-electron chi connectivity index (χ3n) is 3.80. The fourth-order valence-electron chi connectivity index (χ4n) is 2.52. The van der Waals surface area contributed by atoms with Crippen molar-refractivity contribution >= 4 is 17.6 Å². The van der Waals surface area contributed by atoms with Gasteiger partial charge in [0.15, 0.2) is 17.5 Å². The predicted molar refractivity (Wildman–Crippen MR) is 98.8 cm³/mol. The highest BCUT2D eigenvalue weighted by atomic mass is 16.5. The van der Waals surface area contributed by atoms with Gasteiger partial charge in [-0.3, -0.25) is 0 Å². The van der Waals surface area contributed by atoms with Crippen LogP contribution in [-0.4, -0.2) is 32.3 Å². The van der Waals surface area contributed by atoms with E-state index < -0.39 is 0 Å². The summed E-state index contributed by atoms with van der Waals surface area (Å²) in [7, 11) is 1.35. The molecule has 0 unspecified atom stereocenters. The largest absolute Gasteiger partial charge is 0.490 e. The fraction of sp³-hybridized carbons (Fsp3) is 0.263. The first-order valence-corrected chi connectivity index (χ1v) is 8.29. The molecule has 0 radical (unpaired) electrons. The molecule has 0 atom stereocenters. The normalized spacial score (nSPS) is 13.7. The Morgan fingerprint density at radius 1 is 1.19 bits per heavy atom. The number of anilines is 1. The van der Waals surface area contributed by atoms with E-state index in [0.717, 1.165) is 23.4 Å². The summed E-state index contributed by atoms with van der Waals surface area (Å²) < 4.78 is 16.0. The van der Waals surface area contributed by atoms with Gasteiger partial charge >= 0.3 is 5.97 Å². The van der Waals surface area contributed by atoms with Crippen molar-refractivity contribution in [3.63, 3.8) is 0 Å². The molecule has 2 aromatic carbocycles. The van der Waals surface area contributed by atoms with Crippen LogP contribution in [0, 0.1) is 0 Å². The molecule has 3 rings (SSSR count).